The normalized spacial score (nSPS) is 12.2. The molecule has 0 fully saturated rings. The average Bonchev–Trinajstić information content (AvgIpc) is 3.00. The first-order chi connectivity index (χ1) is 21.3. The van der Waals surface area contributed by atoms with Gasteiger partial charge in [-0.25, -0.2) is 9.59 Å². The second-order valence-corrected chi connectivity index (χ2v) is 11.9. The Morgan fingerprint density at radius 2 is 0.978 bits per heavy atom. The summed E-state index contributed by atoms with van der Waals surface area (Å²) in [4.78, 5) is 27.0. The molecule has 0 amide bonds. The fourth-order valence-corrected chi connectivity index (χ4v) is 5.11. The molecular weight excluding hydrogens is 558 g/mol. The fourth-order valence-electron chi connectivity index (χ4n) is 5.11. The fraction of sp³-hybridized carbons (Fsp3) is 0.250. The minimum Gasteiger partial charge on any atom is -0.454 e. The number of hydrogen-bond donors (Lipinski definition) is 0. The van der Waals surface area contributed by atoms with Crippen LogP contribution in [0, 0.1) is 27.7 Å². The number of anilines is 3. The van der Waals surface area contributed by atoms with Crippen LogP contribution in [-0.2, 0) is 19.1 Å². The lowest BCUT2D eigenvalue weighted by molar-refractivity contribution is -0.145. The predicted molar refractivity (Wildman–Crippen MR) is 184 cm³/mol. The van der Waals surface area contributed by atoms with Crippen LogP contribution in [0.15, 0.2) is 103 Å². The largest absolute Gasteiger partial charge is 0.454 e. The van der Waals surface area contributed by atoms with Crippen molar-refractivity contribution in [3.8, 4) is 11.1 Å². The first-order valence-corrected chi connectivity index (χ1v) is 15.2. The van der Waals surface area contributed by atoms with Gasteiger partial charge in [-0.3, -0.25) is 0 Å². The van der Waals surface area contributed by atoms with E-state index in [1.54, 1.807) is 20.8 Å². The van der Waals surface area contributed by atoms with Gasteiger partial charge in [0.15, 0.2) is 0 Å². The van der Waals surface area contributed by atoms with Crippen LogP contribution in [0.5, 0.6) is 0 Å². The second-order valence-electron chi connectivity index (χ2n) is 11.9. The highest BCUT2D eigenvalue weighted by Gasteiger charge is 2.23. The maximum atomic E-state index is 12.4. The summed E-state index contributed by atoms with van der Waals surface area (Å²) in [7, 11) is 0. The molecule has 2 unspecified atom stereocenters. The van der Waals surface area contributed by atoms with Gasteiger partial charge in [0.25, 0.3) is 0 Å². The molecule has 5 heteroatoms. The van der Waals surface area contributed by atoms with E-state index in [1.165, 1.54) is 22.3 Å². The van der Waals surface area contributed by atoms with Crippen molar-refractivity contribution in [3.63, 3.8) is 0 Å². The maximum Gasteiger partial charge on any atom is 0.333 e. The Morgan fingerprint density at radius 1 is 0.556 bits per heavy atom. The topological polar surface area (TPSA) is 55.8 Å². The standard InChI is InChI=1S/C40H43NO4/c1-24(2)39(42)44-30(9)37-20-15-33(23-38(37)31(10)45-40(43)25(3)4)32-13-18-34(19-14-32)41(35-16-11-26(5)28(7)21-35)36-17-12-27(6)29(8)22-36/h11-23,30-31H,1,3H2,2,4-10H3. The Balaban J connectivity index is 1.76. The first kappa shape index (κ1) is 33.0. The van der Waals surface area contributed by atoms with Crippen LogP contribution in [-0.4, -0.2) is 11.9 Å². The van der Waals surface area contributed by atoms with Crippen LogP contribution in [0.2, 0.25) is 0 Å². The van der Waals surface area contributed by atoms with E-state index < -0.39 is 24.1 Å². The highest BCUT2D eigenvalue weighted by molar-refractivity contribution is 5.88. The molecule has 0 radical (unpaired) electrons. The number of aryl methyl sites for hydroxylation is 4. The lowest BCUT2D eigenvalue weighted by Crippen LogP contribution is -2.15. The second kappa shape index (κ2) is 13.8. The van der Waals surface area contributed by atoms with Gasteiger partial charge in [-0.15, -0.1) is 0 Å². The molecular formula is C40H43NO4. The highest BCUT2D eigenvalue weighted by Crippen LogP contribution is 2.38. The molecule has 2 atom stereocenters. The summed E-state index contributed by atoms with van der Waals surface area (Å²) >= 11 is 0. The minimum absolute atomic E-state index is 0.314. The van der Waals surface area contributed by atoms with E-state index in [1.807, 2.05) is 25.1 Å². The molecule has 0 heterocycles. The monoisotopic (exact) mass is 601 g/mol. The van der Waals surface area contributed by atoms with Crippen molar-refractivity contribution in [3.05, 3.63) is 137 Å². The predicted octanol–water partition coefficient (Wildman–Crippen LogP) is 10.4. The van der Waals surface area contributed by atoms with Crippen molar-refractivity contribution in [2.24, 2.45) is 0 Å². The Bertz CT molecular complexity index is 1710. The minimum atomic E-state index is -0.598. The van der Waals surface area contributed by atoms with E-state index in [2.05, 4.69) is 106 Å². The van der Waals surface area contributed by atoms with Crippen LogP contribution in [0.4, 0.5) is 17.1 Å². The molecule has 0 saturated heterocycles. The first-order valence-electron chi connectivity index (χ1n) is 15.2. The zero-order valence-electron chi connectivity index (χ0n) is 27.7. The Morgan fingerprint density at radius 3 is 1.42 bits per heavy atom. The van der Waals surface area contributed by atoms with Gasteiger partial charge in [0.2, 0.25) is 0 Å². The summed E-state index contributed by atoms with van der Waals surface area (Å²) in [6, 6.07) is 27.4. The van der Waals surface area contributed by atoms with Crippen LogP contribution < -0.4 is 4.90 Å². The molecule has 0 saturated carbocycles. The molecule has 0 aliphatic carbocycles. The Labute approximate surface area is 267 Å². The molecule has 4 aromatic carbocycles. The van der Waals surface area contributed by atoms with Gasteiger partial charge in [0.1, 0.15) is 12.2 Å². The van der Waals surface area contributed by atoms with Crippen molar-refractivity contribution in [1.82, 2.24) is 0 Å². The van der Waals surface area contributed by atoms with Gasteiger partial charge in [-0.2, -0.15) is 0 Å². The van der Waals surface area contributed by atoms with E-state index in [4.69, 9.17) is 9.47 Å². The number of esters is 2. The number of carbonyl (C=O) groups is 2. The third kappa shape index (κ3) is 7.61. The van der Waals surface area contributed by atoms with Gasteiger partial charge in [-0.1, -0.05) is 49.6 Å². The van der Waals surface area contributed by atoms with Crippen molar-refractivity contribution in [1.29, 1.82) is 0 Å². The molecule has 45 heavy (non-hydrogen) atoms. The number of benzene rings is 4. The van der Waals surface area contributed by atoms with E-state index in [0.29, 0.717) is 11.1 Å². The molecule has 0 bridgehead atoms. The van der Waals surface area contributed by atoms with Crippen LogP contribution in [0.1, 0.15) is 73.3 Å². The van der Waals surface area contributed by atoms with Gasteiger partial charge >= 0.3 is 11.9 Å². The summed E-state index contributed by atoms with van der Waals surface area (Å²) in [6.07, 6.45) is -1.17. The number of ether oxygens (including phenoxy) is 2. The van der Waals surface area contributed by atoms with Crippen molar-refractivity contribution >= 4 is 29.0 Å². The van der Waals surface area contributed by atoms with Gasteiger partial charge in [-0.05, 0) is 142 Å². The van der Waals surface area contributed by atoms with Gasteiger partial charge in [0, 0.05) is 28.2 Å². The van der Waals surface area contributed by atoms with Gasteiger partial charge in [0.05, 0.1) is 0 Å². The molecule has 0 spiro atoms. The van der Waals surface area contributed by atoms with E-state index in [0.717, 1.165) is 39.3 Å². The van der Waals surface area contributed by atoms with Crippen molar-refractivity contribution in [2.75, 3.05) is 4.90 Å². The molecule has 4 aromatic rings. The summed E-state index contributed by atoms with van der Waals surface area (Å²) in [5, 5.41) is 0. The summed E-state index contributed by atoms with van der Waals surface area (Å²) < 4.78 is 11.4. The lowest BCUT2D eigenvalue weighted by atomic mass is 9.93. The number of rotatable bonds is 10. The molecule has 0 aromatic heterocycles. The average molecular weight is 602 g/mol. The van der Waals surface area contributed by atoms with E-state index in [-0.39, 0.29) is 0 Å². The summed E-state index contributed by atoms with van der Waals surface area (Å²) in [5.41, 5.74) is 12.3. The highest BCUT2D eigenvalue weighted by atomic mass is 16.5. The molecule has 4 rings (SSSR count). The molecule has 5 nitrogen and oxygen atoms in total. The zero-order chi connectivity index (χ0) is 33.0. The molecule has 0 N–H and O–H groups in total. The van der Waals surface area contributed by atoms with Crippen molar-refractivity contribution in [2.45, 2.75) is 67.6 Å². The third-order valence-corrected chi connectivity index (χ3v) is 8.18. The summed E-state index contributed by atoms with van der Waals surface area (Å²) in [6.45, 7) is 22.8. The number of hydrogen-bond acceptors (Lipinski definition) is 5. The number of nitrogens with zero attached hydrogens (tertiary/aromatic N) is 1. The van der Waals surface area contributed by atoms with Gasteiger partial charge < -0.3 is 14.4 Å². The lowest BCUT2D eigenvalue weighted by Gasteiger charge is -2.27. The molecule has 0 aliphatic heterocycles. The van der Waals surface area contributed by atoms with E-state index >= 15 is 0 Å². The van der Waals surface area contributed by atoms with E-state index in [9.17, 15) is 9.59 Å². The number of carbonyl (C=O) groups excluding carboxylic acids is 2. The molecule has 232 valence electrons. The van der Waals surface area contributed by atoms with Crippen LogP contribution >= 0.6 is 0 Å². The Hall–Kier alpha value is -4.90. The quantitative estimate of drug-likeness (QED) is 0.134. The zero-order valence-corrected chi connectivity index (χ0v) is 27.7. The maximum absolute atomic E-state index is 12.4. The van der Waals surface area contributed by atoms with Crippen LogP contribution in [0.3, 0.4) is 0 Å². The Kier molecular flexibility index (Phi) is 10.1. The SMILES string of the molecule is C=C(C)C(=O)OC(C)c1ccc(-c2ccc(N(c3ccc(C)c(C)c3)c3ccc(C)c(C)c3)cc2)cc1C(C)OC(=O)C(=C)C. The third-order valence-electron chi connectivity index (χ3n) is 8.18. The smallest absolute Gasteiger partial charge is 0.333 e. The van der Waals surface area contributed by atoms with Crippen molar-refractivity contribution < 1.29 is 19.1 Å². The molecule has 0 aliphatic rings. The van der Waals surface area contributed by atoms with Crippen LogP contribution in [0.25, 0.3) is 11.1 Å². The summed E-state index contributed by atoms with van der Waals surface area (Å²) in [5.74, 6) is -0.954.